The number of alkyl halides is 3. The van der Waals surface area contributed by atoms with Crippen LogP contribution < -0.4 is 4.90 Å². The van der Waals surface area contributed by atoms with Crippen LogP contribution in [0.1, 0.15) is 11.1 Å². The standard InChI is InChI=1S/C20H19F4N5/c21-17-3-1-14(2-4-17)19-15(12-26-27-19)13-28-7-9-29(10-8-28)18-11-16(5-6-25-18)20(22,23)24/h1-6,11-12H,7-10,13H2,(H,26,27). The fraction of sp³-hybridized carbons (Fsp3) is 0.300. The molecule has 0 amide bonds. The molecule has 5 nitrogen and oxygen atoms in total. The molecule has 1 aliphatic rings. The molecule has 1 aromatic carbocycles. The third-order valence-corrected chi connectivity index (χ3v) is 5.01. The number of hydrogen-bond donors (Lipinski definition) is 1. The summed E-state index contributed by atoms with van der Waals surface area (Å²) in [4.78, 5) is 8.17. The lowest BCUT2D eigenvalue weighted by Gasteiger charge is -2.35. The number of piperazine rings is 1. The molecular formula is C20H19F4N5. The first-order valence-corrected chi connectivity index (χ1v) is 9.19. The molecule has 3 aromatic rings. The minimum atomic E-state index is -4.38. The summed E-state index contributed by atoms with van der Waals surface area (Å²) in [6.07, 6.45) is -1.43. The minimum Gasteiger partial charge on any atom is -0.354 e. The van der Waals surface area contributed by atoms with Crippen molar-refractivity contribution in [2.45, 2.75) is 12.7 Å². The number of pyridine rings is 1. The van der Waals surface area contributed by atoms with E-state index in [1.54, 1.807) is 18.3 Å². The van der Waals surface area contributed by atoms with E-state index in [1.165, 1.54) is 18.3 Å². The van der Waals surface area contributed by atoms with Crippen molar-refractivity contribution in [3.8, 4) is 11.3 Å². The SMILES string of the molecule is Fc1ccc(-c2[nH]ncc2CN2CCN(c3cc(C(F)(F)F)ccn3)CC2)cc1. The van der Waals surface area contributed by atoms with Crippen LogP contribution in [-0.4, -0.2) is 46.3 Å². The lowest BCUT2D eigenvalue weighted by atomic mass is 10.1. The van der Waals surface area contributed by atoms with Gasteiger partial charge >= 0.3 is 6.18 Å². The average Bonchev–Trinajstić information content (AvgIpc) is 3.17. The molecule has 0 saturated carbocycles. The Morgan fingerprint density at radius 1 is 1.00 bits per heavy atom. The maximum absolute atomic E-state index is 13.2. The molecule has 0 spiro atoms. The maximum atomic E-state index is 13.2. The Morgan fingerprint density at radius 2 is 1.72 bits per heavy atom. The fourth-order valence-corrected chi connectivity index (χ4v) is 3.44. The van der Waals surface area contributed by atoms with Crippen LogP contribution in [0.25, 0.3) is 11.3 Å². The number of aromatic nitrogens is 3. The molecule has 29 heavy (non-hydrogen) atoms. The molecule has 4 rings (SSSR count). The summed E-state index contributed by atoms with van der Waals surface area (Å²) in [5, 5.41) is 7.07. The van der Waals surface area contributed by atoms with Gasteiger partial charge in [-0.25, -0.2) is 9.37 Å². The molecule has 0 radical (unpaired) electrons. The fourth-order valence-electron chi connectivity index (χ4n) is 3.44. The predicted octanol–water partition coefficient (Wildman–Crippen LogP) is 3.95. The van der Waals surface area contributed by atoms with Gasteiger partial charge in [0.05, 0.1) is 17.5 Å². The molecular weight excluding hydrogens is 386 g/mol. The van der Waals surface area contributed by atoms with Gasteiger partial charge in [-0.1, -0.05) is 0 Å². The molecule has 152 valence electrons. The number of nitrogens with one attached hydrogen (secondary N) is 1. The van der Waals surface area contributed by atoms with E-state index >= 15 is 0 Å². The molecule has 2 aromatic heterocycles. The molecule has 3 heterocycles. The Labute approximate surface area is 165 Å². The molecule has 1 N–H and O–H groups in total. The second-order valence-electron chi connectivity index (χ2n) is 6.94. The molecule has 1 fully saturated rings. The highest BCUT2D eigenvalue weighted by Crippen LogP contribution is 2.31. The third-order valence-electron chi connectivity index (χ3n) is 5.01. The van der Waals surface area contributed by atoms with Gasteiger partial charge < -0.3 is 4.90 Å². The molecule has 1 saturated heterocycles. The Kier molecular flexibility index (Phi) is 5.23. The smallest absolute Gasteiger partial charge is 0.354 e. The van der Waals surface area contributed by atoms with Gasteiger partial charge in [0.15, 0.2) is 0 Å². The van der Waals surface area contributed by atoms with Gasteiger partial charge in [0.1, 0.15) is 11.6 Å². The van der Waals surface area contributed by atoms with Crippen LogP contribution in [0.4, 0.5) is 23.4 Å². The first-order chi connectivity index (χ1) is 13.9. The van der Waals surface area contributed by atoms with Crippen LogP contribution in [0, 0.1) is 5.82 Å². The molecule has 1 aliphatic heterocycles. The van der Waals surface area contributed by atoms with Gasteiger partial charge in [-0.2, -0.15) is 18.3 Å². The highest BCUT2D eigenvalue weighted by atomic mass is 19.4. The zero-order valence-corrected chi connectivity index (χ0v) is 15.5. The van der Waals surface area contributed by atoms with E-state index in [4.69, 9.17) is 0 Å². The van der Waals surface area contributed by atoms with Gasteiger partial charge in [-0.05, 0) is 36.4 Å². The zero-order valence-electron chi connectivity index (χ0n) is 15.5. The second-order valence-corrected chi connectivity index (χ2v) is 6.94. The second kappa shape index (κ2) is 7.82. The topological polar surface area (TPSA) is 48.1 Å². The predicted molar refractivity (Wildman–Crippen MR) is 101 cm³/mol. The summed E-state index contributed by atoms with van der Waals surface area (Å²) in [5.74, 6) is 0.0453. The Balaban J connectivity index is 1.40. The number of rotatable bonds is 4. The van der Waals surface area contributed by atoms with Crippen molar-refractivity contribution in [3.63, 3.8) is 0 Å². The van der Waals surface area contributed by atoms with Crippen LogP contribution in [0.3, 0.4) is 0 Å². The zero-order chi connectivity index (χ0) is 20.4. The van der Waals surface area contributed by atoms with Gasteiger partial charge in [-0.3, -0.25) is 10.00 Å². The van der Waals surface area contributed by atoms with Gasteiger partial charge in [0.25, 0.3) is 0 Å². The van der Waals surface area contributed by atoms with Crippen molar-refractivity contribution >= 4 is 5.82 Å². The molecule has 0 bridgehead atoms. The Bertz CT molecular complexity index is 960. The Hall–Kier alpha value is -2.94. The molecule has 0 unspecified atom stereocenters. The summed E-state index contributed by atoms with van der Waals surface area (Å²) >= 11 is 0. The van der Waals surface area contributed by atoms with E-state index in [0.717, 1.165) is 29.0 Å². The van der Waals surface area contributed by atoms with E-state index in [9.17, 15) is 17.6 Å². The number of nitrogens with zero attached hydrogens (tertiary/aromatic N) is 4. The highest BCUT2D eigenvalue weighted by molar-refractivity contribution is 5.62. The van der Waals surface area contributed by atoms with E-state index in [-0.39, 0.29) is 5.82 Å². The van der Waals surface area contributed by atoms with Crippen LogP contribution in [-0.2, 0) is 12.7 Å². The van der Waals surface area contributed by atoms with E-state index in [2.05, 4.69) is 20.1 Å². The summed E-state index contributed by atoms with van der Waals surface area (Å²) in [7, 11) is 0. The monoisotopic (exact) mass is 405 g/mol. The lowest BCUT2D eigenvalue weighted by molar-refractivity contribution is -0.137. The third kappa shape index (κ3) is 4.40. The Morgan fingerprint density at radius 3 is 2.41 bits per heavy atom. The van der Waals surface area contributed by atoms with E-state index < -0.39 is 11.7 Å². The first kappa shape index (κ1) is 19.4. The maximum Gasteiger partial charge on any atom is 0.416 e. The molecule has 9 heteroatoms. The number of aromatic amines is 1. The van der Waals surface area contributed by atoms with Crippen molar-refractivity contribution in [3.05, 3.63) is 65.7 Å². The average molecular weight is 405 g/mol. The highest BCUT2D eigenvalue weighted by Gasteiger charge is 2.31. The number of H-pyrrole nitrogens is 1. The number of anilines is 1. The van der Waals surface area contributed by atoms with Gasteiger partial charge in [0, 0.05) is 50.0 Å². The number of halogens is 4. The largest absolute Gasteiger partial charge is 0.416 e. The van der Waals surface area contributed by atoms with Crippen LogP contribution >= 0.6 is 0 Å². The van der Waals surface area contributed by atoms with E-state index in [1.807, 2.05) is 4.90 Å². The first-order valence-electron chi connectivity index (χ1n) is 9.19. The number of benzene rings is 1. The van der Waals surface area contributed by atoms with Crippen LogP contribution in [0.2, 0.25) is 0 Å². The van der Waals surface area contributed by atoms with Crippen molar-refractivity contribution < 1.29 is 17.6 Å². The van der Waals surface area contributed by atoms with Crippen molar-refractivity contribution in [2.75, 3.05) is 31.1 Å². The van der Waals surface area contributed by atoms with Crippen LogP contribution in [0.5, 0.6) is 0 Å². The molecule has 0 atom stereocenters. The van der Waals surface area contributed by atoms with Crippen molar-refractivity contribution in [1.82, 2.24) is 20.1 Å². The van der Waals surface area contributed by atoms with Crippen molar-refractivity contribution in [2.24, 2.45) is 0 Å². The summed E-state index contributed by atoms with van der Waals surface area (Å²) in [5.41, 5.74) is 1.99. The van der Waals surface area contributed by atoms with Gasteiger partial charge in [-0.15, -0.1) is 0 Å². The summed E-state index contributed by atoms with van der Waals surface area (Å²) in [6, 6.07) is 8.28. The summed E-state index contributed by atoms with van der Waals surface area (Å²) < 4.78 is 51.9. The minimum absolute atomic E-state index is 0.297. The van der Waals surface area contributed by atoms with Crippen molar-refractivity contribution in [1.29, 1.82) is 0 Å². The summed E-state index contributed by atoms with van der Waals surface area (Å²) in [6.45, 7) is 3.18. The lowest BCUT2D eigenvalue weighted by Crippen LogP contribution is -2.46. The quantitative estimate of drug-likeness (QED) is 0.668. The van der Waals surface area contributed by atoms with Gasteiger partial charge in [0.2, 0.25) is 0 Å². The molecule has 0 aliphatic carbocycles. The number of hydrogen-bond acceptors (Lipinski definition) is 4. The van der Waals surface area contributed by atoms with E-state index in [0.29, 0.717) is 38.5 Å². The normalized spacial score (nSPS) is 15.7. The van der Waals surface area contributed by atoms with Crippen LogP contribution in [0.15, 0.2) is 48.8 Å².